The van der Waals surface area contributed by atoms with Gasteiger partial charge in [0, 0.05) is 24.4 Å². The van der Waals surface area contributed by atoms with Crippen molar-refractivity contribution < 1.29 is 0 Å². The van der Waals surface area contributed by atoms with E-state index in [1.54, 1.807) is 0 Å². The van der Waals surface area contributed by atoms with Crippen LogP contribution in [0.25, 0.3) is 0 Å². The monoisotopic (exact) mass is 360 g/mol. The minimum Gasteiger partial charge on any atom is -0.327 e. The number of hydrogen-bond donors (Lipinski definition) is 1. The third kappa shape index (κ3) is 14.3. The summed E-state index contributed by atoms with van der Waals surface area (Å²) in [6.07, 6.45) is 25.2. The molecule has 2 nitrogen and oxygen atoms in total. The average Bonchev–Trinajstić information content (AvgIpc) is 2.65. The Morgan fingerprint density at radius 2 is 1.23 bits per heavy atom. The van der Waals surface area contributed by atoms with Gasteiger partial charge < -0.3 is 5.73 Å². The minimum atomic E-state index is 0.270. The zero-order valence-corrected chi connectivity index (χ0v) is 17.4. The number of nitrogens with two attached hydrogens (primary N) is 1. The summed E-state index contributed by atoms with van der Waals surface area (Å²) in [6.45, 7) is 2.29. The molecular weight excluding hydrogens is 316 g/mol. The lowest BCUT2D eigenvalue weighted by molar-refractivity contribution is 0.512. The Kier molecular flexibility index (Phi) is 15.6. The first-order chi connectivity index (χ1) is 12.8. The smallest absolute Gasteiger partial charge is 0.0419 e. The fraction of sp³-hybridized carbons (Fsp3) is 0.792. The maximum Gasteiger partial charge on any atom is 0.0419 e. The van der Waals surface area contributed by atoms with Crippen LogP contribution in [0.3, 0.4) is 0 Å². The van der Waals surface area contributed by atoms with Gasteiger partial charge in [0.05, 0.1) is 0 Å². The molecule has 0 aliphatic rings. The molecule has 0 spiro atoms. The molecule has 2 heteroatoms. The van der Waals surface area contributed by atoms with Gasteiger partial charge in [-0.15, -0.1) is 0 Å². The number of nitrogens with zero attached hydrogens (tertiary/aromatic N) is 1. The summed E-state index contributed by atoms with van der Waals surface area (Å²) >= 11 is 0. The summed E-state index contributed by atoms with van der Waals surface area (Å²) in [5.41, 5.74) is 7.35. The van der Waals surface area contributed by atoms with Crippen LogP contribution in [-0.4, -0.2) is 11.0 Å². The van der Waals surface area contributed by atoms with Crippen molar-refractivity contribution in [3.05, 3.63) is 30.1 Å². The molecule has 2 N–H and O–H groups in total. The Labute approximate surface area is 163 Å². The SMILES string of the molecule is CCCCCCCCCCCCCCCCCC(N)Cc1ccccn1. The molecule has 1 atom stereocenters. The van der Waals surface area contributed by atoms with Gasteiger partial charge in [-0.2, -0.15) is 0 Å². The second-order valence-electron chi connectivity index (χ2n) is 8.02. The molecule has 1 unspecified atom stereocenters. The second-order valence-corrected chi connectivity index (χ2v) is 8.02. The van der Waals surface area contributed by atoms with Crippen molar-refractivity contribution in [2.24, 2.45) is 5.73 Å². The van der Waals surface area contributed by atoms with Crippen LogP contribution in [-0.2, 0) is 6.42 Å². The molecule has 0 saturated heterocycles. The van der Waals surface area contributed by atoms with Crippen LogP contribution in [0.2, 0.25) is 0 Å². The third-order valence-electron chi connectivity index (χ3n) is 5.38. The maximum atomic E-state index is 6.22. The second kappa shape index (κ2) is 17.5. The van der Waals surface area contributed by atoms with E-state index in [4.69, 9.17) is 5.73 Å². The van der Waals surface area contributed by atoms with Crippen LogP contribution in [0.4, 0.5) is 0 Å². The van der Waals surface area contributed by atoms with Crippen LogP contribution >= 0.6 is 0 Å². The van der Waals surface area contributed by atoms with E-state index in [1.807, 2.05) is 18.3 Å². The summed E-state index contributed by atoms with van der Waals surface area (Å²) in [5, 5.41) is 0. The van der Waals surface area contributed by atoms with Gasteiger partial charge in [0.15, 0.2) is 0 Å². The molecule has 0 radical (unpaired) electrons. The lowest BCUT2D eigenvalue weighted by Gasteiger charge is -2.10. The van der Waals surface area contributed by atoms with E-state index in [2.05, 4.69) is 18.0 Å². The lowest BCUT2D eigenvalue weighted by Crippen LogP contribution is -2.23. The van der Waals surface area contributed by atoms with Gasteiger partial charge in [0.2, 0.25) is 0 Å². The first kappa shape index (κ1) is 23.1. The van der Waals surface area contributed by atoms with Gasteiger partial charge in [-0.1, -0.05) is 109 Å². The Morgan fingerprint density at radius 1 is 0.731 bits per heavy atom. The molecule has 1 rings (SSSR count). The first-order valence-electron chi connectivity index (χ1n) is 11.5. The number of unbranched alkanes of at least 4 members (excludes halogenated alkanes) is 14. The highest BCUT2D eigenvalue weighted by Crippen LogP contribution is 2.14. The topological polar surface area (TPSA) is 38.9 Å². The van der Waals surface area contributed by atoms with Crippen molar-refractivity contribution in [1.29, 1.82) is 0 Å². The molecule has 0 saturated carbocycles. The average molecular weight is 361 g/mol. The summed E-state index contributed by atoms with van der Waals surface area (Å²) in [5.74, 6) is 0. The summed E-state index contributed by atoms with van der Waals surface area (Å²) < 4.78 is 0. The van der Waals surface area contributed by atoms with Crippen molar-refractivity contribution >= 4 is 0 Å². The molecule has 0 fully saturated rings. The largest absolute Gasteiger partial charge is 0.327 e. The van der Waals surface area contributed by atoms with Crippen LogP contribution in [0.5, 0.6) is 0 Å². The van der Waals surface area contributed by atoms with Crippen molar-refractivity contribution in [1.82, 2.24) is 4.98 Å². The zero-order chi connectivity index (χ0) is 18.7. The van der Waals surface area contributed by atoms with E-state index in [-0.39, 0.29) is 6.04 Å². The number of hydrogen-bond acceptors (Lipinski definition) is 2. The molecule has 0 aromatic carbocycles. The predicted molar refractivity (Wildman–Crippen MR) is 115 cm³/mol. The molecule has 150 valence electrons. The van der Waals surface area contributed by atoms with E-state index >= 15 is 0 Å². The minimum absolute atomic E-state index is 0.270. The fourth-order valence-corrected chi connectivity index (χ4v) is 3.67. The fourth-order valence-electron chi connectivity index (χ4n) is 3.67. The highest BCUT2D eigenvalue weighted by molar-refractivity contribution is 5.04. The van der Waals surface area contributed by atoms with Crippen LogP contribution in [0.15, 0.2) is 24.4 Å². The van der Waals surface area contributed by atoms with E-state index in [0.717, 1.165) is 18.5 Å². The van der Waals surface area contributed by atoms with Gasteiger partial charge in [0.1, 0.15) is 0 Å². The summed E-state index contributed by atoms with van der Waals surface area (Å²) in [4.78, 5) is 4.36. The Bertz CT molecular complexity index is 390. The maximum absolute atomic E-state index is 6.22. The van der Waals surface area contributed by atoms with Crippen molar-refractivity contribution in [3.63, 3.8) is 0 Å². The highest BCUT2D eigenvalue weighted by Gasteiger charge is 2.04. The van der Waals surface area contributed by atoms with Crippen molar-refractivity contribution in [2.45, 2.75) is 122 Å². The number of rotatable bonds is 18. The van der Waals surface area contributed by atoms with Crippen LogP contribution in [0.1, 0.15) is 115 Å². The van der Waals surface area contributed by atoms with Gasteiger partial charge >= 0.3 is 0 Å². The van der Waals surface area contributed by atoms with Crippen LogP contribution < -0.4 is 5.73 Å². The molecule has 0 aliphatic heterocycles. The Morgan fingerprint density at radius 3 is 1.69 bits per heavy atom. The molecule has 0 amide bonds. The number of aromatic nitrogens is 1. The van der Waals surface area contributed by atoms with Gasteiger partial charge in [-0.3, -0.25) is 4.98 Å². The highest BCUT2D eigenvalue weighted by atomic mass is 14.7. The molecular formula is C24H44N2. The molecule has 26 heavy (non-hydrogen) atoms. The lowest BCUT2D eigenvalue weighted by atomic mass is 10.0. The molecule has 1 aromatic heterocycles. The predicted octanol–water partition coefficient (Wildman–Crippen LogP) is 7.21. The summed E-state index contributed by atoms with van der Waals surface area (Å²) in [7, 11) is 0. The Hall–Kier alpha value is -0.890. The van der Waals surface area contributed by atoms with E-state index in [1.165, 1.54) is 96.3 Å². The first-order valence-corrected chi connectivity index (χ1v) is 11.5. The van der Waals surface area contributed by atoms with Gasteiger partial charge in [-0.05, 0) is 18.6 Å². The molecule has 1 heterocycles. The van der Waals surface area contributed by atoms with E-state index < -0.39 is 0 Å². The van der Waals surface area contributed by atoms with E-state index in [0.29, 0.717) is 0 Å². The van der Waals surface area contributed by atoms with E-state index in [9.17, 15) is 0 Å². The molecule has 0 bridgehead atoms. The van der Waals surface area contributed by atoms with Crippen molar-refractivity contribution in [2.75, 3.05) is 0 Å². The quantitative estimate of drug-likeness (QED) is 0.281. The summed E-state index contributed by atoms with van der Waals surface area (Å²) in [6, 6.07) is 6.35. The zero-order valence-electron chi connectivity index (χ0n) is 17.4. The van der Waals surface area contributed by atoms with Crippen LogP contribution in [0, 0.1) is 0 Å². The van der Waals surface area contributed by atoms with Gasteiger partial charge in [0.25, 0.3) is 0 Å². The molecule has 1 aromatic rings. The Balaban J connectivity index is 1.77. The molecule has 0 aliphatic carbocycles. The number of pyridine rings is 1. The van der Waals surface area contributed by atoms with Gasteiger partial charge in [-0.25, -0.2) is 0 Å². The van der Waals surface area contributed by atoms with Crippen molar-refractivity contribution in [3.8, 4) is 0 Å². The normalized spacial score (nSPS) is 12.4. The third-order valence-corrected chi connectivity index (χ3v) is 5.38. The standard InChI is InChI=1S/C24H44N2/c1-2-3-4-5-6-7-8-9-10-11-12-13-14-15-16-19-23(25)22-24-20-17-18-21-26-24/h17-18,20-21,23H,2-16,19,22,25H2,1H3.